The summed E-state index contributed by atoms with van der Waals surface area (Å²) in [7, 11) is -1.24. The van der Waals surface area contributed by atoms with Crippen molar-refractivity contribution in [1.29, 1.82) is 0 Å². The van der Waals surface area contributed by atoms with Crippen molar-refractivity contribution in [2.24, 2.45) is 0 Å². The second-order valence-electron chi connectivity index (χ2n) is 5.45. The van der Waals surface area contributed by atoms with Crippen LogP contribution in [0.3, 0.4) is 0 Å². The van der Waals surface area contributed by atoms with Crippen molar-refractivity contribution < 1.29 is 8.42 Å². The molecule has 0 amide bonds. The summed E-state index contributed by atoms with van der Waals surface area (Å²) in [5.74, 6) is 0.220. The van der Waals surface area contributed by atoms with E-state index in [1.54, 1.807) is 0 Å². The summed E-state index contributed by atoms with van der Waals surface area (Å²) in [4.78, 5) is 2.28. The third kappa shape index (κ3) is 9.38. The van der Waals surface area contributed by atoms with Gasteiger partial charge in [-0.25, -0.2) is 13.1 Å². The molecular weight excluding hydrogens is 262 g/mol. The highest BCUT2D eigenvalue weighted by Crippen LogP contribution is 2.03. The molecule has 0 aromatic heterocycles. The monoisotopic (exact) mass is 293 g/mol. The summed E-state index contributed by atoms with van der Waals surface area (Å²) in [5.41, 5.74) is 0. The molecule has 0 spiro atoms. The molecule has 0 bridgehead atoms. The minimum Gasteiger partial charge on any atom is -0.320 e. The maximum atomic E-state index is 11.8. The summed E-state index contributed by atoms with van der Waals surface area (Å²) in [5, 5.41) is 3.02. The highest BCUT2D eigenvalue weighted by molar-refractivity contribution is 7.89. The summed E-state index contributed by atoms with van der Waals surface area (Å²) < 4.78 is 26.2. The number of rotatable bonds is 11. The fourth-order valence-corrected chi connectivity index (χ4v) is 3.24. The molecule has 0 aliphatic rings. The first-order chi connectivity index (χ1) is 8.80. The van der Waals surface area contributed by atoms with Gasteiger partial charge in [0.1, 0.15) is 0 Å². The molecule has 0 saturated carbocycles. The molecule has 0 heterocycles. The molecule has 0 radical (unpaired) electrons. The van der Waals surface area contributed by atoms with E-state index in [2.05, 4.69) is 42.6 Å². The predicted molar refractivity (Wildman–Crippen MR) is 81.9 cm³/mol. The Morgan fingerprint density at radius 2 is 1.58 bits per heavy atom. The normalized spacial score (nSPS) is 12.8. The third-order valence-corrected chi connectivity index (χ3v) is 4.58. The molecule has 0 rings (SSSR count). The Labute approximate surface area is 119 Å². The number of nitrogens with zero attached hydrogens (tertiary/aromatic N) is 1. The van der Waals surface area contributed by atoms with Crippen LogP contribution in [0.4, 0.5) is 0 Å². The first kappa shape index (κ1) is 18.8. The van der Waals surface area contributed by atoms with Gasteiger partial charge in [0.25, 0.3) is 0 Å². The van der Waals surface area contributed by atoms with Crippen molar-refractivity contribution in [1.82, 2.24) is 14.9 Å². The molecule has 0 aromatic carbocycles. The molecule has 19 heavy (non-hydrogen) atoms. The highest BCUT2D eigenvalue weighted by Gasteiger charge is 2.14. The van der Waals surface area contributed by atoms with Crippen LogP contribution in [0.15, 0.2) is 0 Å². The van der Waals surface area contributed by atoms with Gasteiger partial charge in [0, 0.05) is 25.2 Å². The van der Waals surface area contributed by atoms with Crippen LogP contribution in [0.2, 0.25) is 0 Å². The molecule has 0 aromatic rings. The van der Waals surface area contributed by atoms with Crippen molar-refractivity contribution in [3.8, 4) is 0 Å². The van der Waals surface area contributed by atoms with E-state index >= 15 is 0 Å². The fraction of sp³-hybridized carbons (Fsp3) is 1.00. The lowest BCUT2D eigenvalue weighted by molar-refractivity contribution is 0.179. The van der Waals surface area contributed by atoms with Gasteiger partial charge >= 0.3 is 0 Å². The van der Waals surface area contributed by atoms with Crippen molar-refractivity contribution in [3.63, 3.8) is 0 Å². The topological polar surface area (TPSA) is 61.4 Å². The molecule has 0 aliphatic heterocycles. The molecule has 0 aliphatic carbocycles. The van der Waals surface area contributed by atoms with E-state index in [1.807, 2.05) is 7.05 Å². The molecule has 5 nitrogen and oxygen atoms in total. The summed E-state index contributed by atoms with van der Waals surface area (Å²) >= 11 is 0. The van der Waals surface area contributed by atoms with E-state index in [9.17, 15) is 8.42 Å². The van der Waals surface area contributed by atoms with E-state index in [1.165, 1.54) is 0 Å². The van der Waals surface area contributed by atoms with Gasteiger partial charge in [-0.05, 0) is 54.1 Å². The largest absolute Gasteiger partial charge is 0.320 e. The Morgan fingerprint density at radius 1 is 1.00 bits per heavy atom. The number of nitrogens with one attached hydrogen (secondary N) is 2. The van der Waals surface area contributed by atoms with Crippen molar-refractivity contribution in [2.45, 2.75) is 52.6 Å². The van der Waals surface area contributed by atoms with Gasteiger partial charge in [-0.15, -0.1) is 0 Å². The Kier molecular flexibility index (Phi) is 9.60. The summed E-state index contributed by atoms with van der Waals surface area (Å²) in [6.45, 7) is 10.6. The minimum atomic E-state index is -3.11. The summed E-state index contributed by atoms with van der Waals surface area (Å²) in [6, 6.07) is 0.861. The molecule has 6 heteroatoms. The first-order valence-corrected chi connectivity index (χ1v) is 8.83. The van der Waals surface area contributed by atoms with Gasteiger partial charge in [-0.1, -0.05) is 0 Å². The Hall–Kier alpha value is -0.170. The molecule has 2 N–H and O–H groups in total. The van der Waals surface area contributed by atoms with Gasteiger partial charge in [0.15, 0.2) is 0 Å². The van der Waals surface area contributed by atoms with E-state index < -0.39 is 10.0 Å². The molecule has 0 saturated heterocycles. The zero-order valence-corrected chi connectivity index (χ0v) is 13.9. The average Bonchev–Trinajstić information content (AvgIpc) is 2.29. The lowest BCUT2D eigenvalue weighted by Crippen LogP contribution is -2.42. The van der Waals surface area contributed by atoms with Crippen LogP contribution in [0.1, 0.15) is 40.5 Å². The van der Waals surface area contributed by atoms with Gasteiger partial charge < -0.3 is 5.32 Å². The highest BCUT2D eigenvalue weighted by atomic mass is 32.2. The molecule has 116 valence electrons. The maximum absolute atomic E-state index is 11.8. The molecule has 0 unspecified atom stereocenters. The smallest absolute Gasteiger partial charge is 0.211 e. The molecular formula is C13H31N3O2S. The Bertz CT molecular complexity index is 308. The SMILES string of the molecule is CNCCCCS(=O)(=O)NCCN(C(C)C)C(C)C. The van der Waals surface area contributed by atoms with Crippen molar-refractivity contribution in [2.75, 3.05) is 32.4 Å². The van der Waals surface area contributed by atoms with Crippen LogP contribution in [0.25, 0.3) is 0 Å². The molecule has 0 atom stereocenters. The van der Waals surface area contributed by atoms with E-state index in [0.717, 1.165) is 19.5 Å². The van der Waals surface area contributed by atoms with Gasteiger partial charge in [0.05, 0.1) is 5.75 Å². The standard InChI is InChI=1S/C13H31N3O2S/c1-12(2)16(13(3)4)10-9-15-19(17,18)11-7-6-8-14-5/h12-15H,6-11H2,1-5H3. The van der Waals surface area contributed by atoms with E-state index in [4.69, 9.17) is 0 Å². The van der Waals surface area contributed by atoms with Crippen molar-refractivity contribution >= 4 is 10.0 Å². The fourth-order valence-electron chi connectivity index (χ4n) is 2.11. The predicted octanol–water partition coefficient (Wildman–Crippen LogP) is 1.02. The van der Waals surface area contributed by atoms with E-state index in [-0.39, 0.29) is 5.75 Å². The number of hydrogen-bond acceptors (Lipinski definition) is 4. The zero-order chi connectivity index (χ0) is 14.9. The second-order valence-corrected chi connectivity index (χ2v) is 7.38. The van der Waals surface area contributed by atoms with Crippen LogP contribution in [-0.4, -0.2) is 57.8 Å². The summed E-state index contributed by atoms with van der Waals surface area (Å²) in [6.07, 6.45) is 1.59. The number of sulfonamides is 1. The van der Waals surface area contributed by atoms with Crippen LogP contribution in [-0.2, 0) is 10.0 Å². The third-order valence-electron chi connectivity index (χ3n) is 3.11. The van der Waals surface area contributed by atoms with Gasteiger partial charge in [0.2, 0.25) is 10.0 Å². The van der Waals surface area contributed by atoms with Gasteiger partial charge in [-0.3, -0.25) is 4.90 Å². The Morgan fingerprint density at radius 3 is 2.05 bits per heavy atom. The lowest BCUT2D eigenvalue weighted by Gasteiger charge is -2.30. The lowest BCUT2D eigenvalue weighted by atomic mass is 10.2. The minimum absolute atomic E-state index is 0.220. The van der Waals surface area contributed by atoms with Crippen LogP contribution < -0.4 is 10.0 Å². The second kappa shape index (κ2) is 9.69. The van der Waals surface area contributed by atoms with Crippen LogP contribution in [0, 0.1) is 0 Å². The van der Waals surface area contributed by atoms with Gasteiger partial charge in [-0.2, -0.15) is 0 Å². The number of hydrogen-bond donors (Lipinski definition) is 2. The quantitative estimate of drug-likeness (QED) is 0.559. The molecule has 0 fully saturated rings. The maximum Gasteiger partial charge on any atom is 0.211 e. The zero-order valence-electron chi connectivity index (χ0n) is 13.1. The van der Waals surface area contributed by atoms with Crippen molar-refractivity contribution in [3.05, 3.63) is 0 Å². The average molecular weight is 293 g/mol. The first-order valence-electron chi connectivity index (χ1n) is 7.18. The Balaban J connectivity index is 3.96. The van der Waals surface area contributed by atoms with Crippen LogP contribution >= 0.6 is 0 Å². The van der Waals surface area contributed by atoms with E-state index in [0.29, 0.717) is 25.0 Å². The number of unbranched alkanes of at least 4 members (excludes halogenated alkanes) is 1. The van der Waals surface area contributed by atoms with Crippen LogP contribution in [0.5, 0.6) is 0 Å².